The first-order valence-electron chi connectivity index (χ1n) is 8.68. The number of amides is 1. The van der Waals surface area contributed by atoms with E-state index in [0.717, 1.165) is 12.8 Å². The number of carbonyl (C=O) groups excluding carboxylic acids is 2. The van der Waals surface area contributed by atoms with Crippen LogP contribution in [0.4, 0.5) is 0 Å². The molecular weight excluding hydrogens is 342 g/mol. The fourth-order valence-electron chi connectivity index (χ4n) is 3.20. The van der Waals surface area contributed by atoms with E-state index in [1.54, 1.807) is 19.1 Å². The van der Waals surface area contributed by atoms with Crippen molar-refractivity contribution >= 4 is 23.5 Å². The highest BCUT2D eigenvalue weighted by atomic mass is 35.5. The molecule has 0 aliphatic heterocycles. The second-order valence-corrected chi connectivity index (χ2v) is 7.21. The lowest BCUT2D eigenvalue weighted by Gasteiger charge is -2.35. The SMILES string of the molecule is COc1ccc(Cl)cc1C(=O)O[C@H](C)C(=O)N[C@H]1CCC[C@H](C)[C@H]1C. The van der Waals surface area contributed by atoms with Crippen LogP contribution in [0.1, 0.15) is 50.4 Å². The molecule has 1 aliphatic carbocycles. The average Bonchev–Trinajstić information content (AvgIpc) is 2.58. The summed E-state index contributed by atoms with van der Waals surface area (Å²) in [5.41, 5.74) is 0.203. The van der Waals surface area contributed by atoms with E-state index in [1.807, 2.05) is 0 Å². The molecule has 1 saturated carbocycles. The number of hydrogen-bond donors (Lipinski definition) is 1. The topological polar surface area (TPSA) is 64.6 Å². The van der Waals surface area contributed by atoms with Crippen LogP contribution in [0.2, 0.25) is 5.02 Å². The molecule has 2 rings (SSSR count). The van der Waals surface area contributed by atoms with Gasteiger partial charge in [-0.25, -0.2) is 4.79 Å². The molecule has 0 aromatic heterocycles. The maximum Gasteiger partial charge on any atom is 0.342 e. The number of ether oxygens (including phenoxy) is 2. The number of halogens is 1. The highest BCUT2D eigenvalue weighted by molar-refractivity contribution is 6.31. The number of benzene rings is 1. The molecule has 1 amide bonds. The fraction of sp³-hybridized carbons (Fsp3) is 0.579. The summed E-state index contributed by atoms with van der Waals surface area (Å²) in [6.45, 7) is 5.93. The Morgan fingerprint density at radius 3 is 2.68 bits per heavy atom. The third kappa shape index (κ3) is 4.88. The van der Waals surface area contributed by atoms with Crippen molar-refractivity contribution in [2.24, 2.45) is 11.8 Å². The van der Waals surface area contributed by atoms with E-state index in [1.165, 1.54) is 19.6 Å². The van der Waals surface area contributed by atoms with Gasteiger partial charge in [0.1, 0.15) is 11.3 Å². The smallest absolute Gasteiger partial charge is 0.342 e. The largest absolute Gasteiger partial charge is 0.496 e. The maximum absolute atomic E-state index is 12.4. The van der Waals surface area contributed by atoms with Crippen LogP contribution in [0.3, 0.4) is 0 Å². The Morgan fingerprint density at radius 2 is 2.00 bits per heavy atom. The highest BCUT2D eigenvalue weighted by Crippen LogP contribution is 2.29. The van der Waals surface area contributed by atoms with Crippen LogP contribution in [0.25, 0.3) is 0 Å². The van der Waals surface area contributed by atoms with E-state index in [9.17, 15) is 9.59 Å². The Hall–Kier alpha value is -1.75. The third-order valence-electron chi connectivity index (χ3n) is 5.07. The minimum Gasteiger partial charge on any atom is -0.496 e. The number of carbonyl (C=O) groups is 2. The molecule has 4 atom stereocenters. The van der Waals surface area contributed by atoms with Crippen molar-refractivity contribution in [1.82, 2.24) is 5.32 Å². The molecule has 6 heteroatoms. The number of nitrogens with one attached hydrogen (secondary N) is 1. The summed E-state index contributed by atoms with van der Waals surface area (Å²) in [7, 11) is 1.46. The Morgan fingerprint density at radius 1 is 1.28 bits per heavy atom. The van der Waals surface area contributed by atoms with Crippen LogP contribution in [-0.4, -0.2) is 31.1 Å². The van der Waals surface area contributed by atoms with Crippen molar-refractivity contribution in [3.63, 3.8) is 0 Å². The molecule has 0 radical (unpaired) electrons. The minimum absolute atomic E-state index is 0.123. The standard InChI is InChI=1S/C19H26ClNO4/c1-11-6-5-7-16(12(11)2)21-18(22)13(3)25-19(23)15-10-14(20)8-9-17(15)24-4/h8-13,16H,5-7H2,1-4H3,(H,21,22)/t11-,12+,13+,16-/m0/s1. The van der Waals surface area contributed by atoms with E-state index < -0.39 is 12.1 Å². The van der Waals surface area contributed by atoms with Gasteiger partial charge in [-0.1, -0.05) is 38.3 Å². The van der Waals surface area contributed by atoms with Gasteiger partial charge in [0.15, 0.2) is 6.10 Å². The normalized spacial score (nSPS) is 24.3. The summed E-state index contributed by atoms with van der Waals surface area (Å²) in [4.78, 5) is 24.8. The molecule has 0 saturated heterocycles. The predicted molar refractivity (Wildman–Crippen MR) is 97.0 cm³/mol. The van der Waals surface area contributed by atoms with E-state index >= 15 is 0 Å². The van der Waals surface area contributed by atoms with Gasteiger partial charge in [0.2, 0.25) is 0 Å². The number of esters is 1. The first-order valence-corrected chi connectivity index (χ1v) is 9.06. The maximum atomic E-state index is 12.4. The number of rotatable bonds is 5. The van der Waals surface area contributed by atoms with Crippen molar-refractivity contribution < 1.29 is 19.1 Å². The van der Waals surface area contributed by atoms with Gasteiger partial charge in [-0.05, 0) is 43.4 Å². The van der Waals surface area contributed by atoms with E-state index in [-0.39, 0.29) is 17.5 Å². The molecule has 0 spiro atoms. The van der Waals surface area contributed by atoms with Crippen LogP contribution in [0, 0.1) is 11.8 Å². The summed E-state index contributed by atoms with van der Waals surface area (Å²) in [6, 6.07) is 4.81. The second-order valence-electron chi connectivity index (χ2n) is 6.77. The Kier molecular flexibility index (Phi) is 6.71. The zero-order valence-electron chi connectivity index (χ0n) is 15.2. The van der Waals surface area contributed by atoms with Gasteiger partial charge in [0.05, 0.1) is 7.11 Å². The van der Waals surface area contributed by atoms with Crippen LogP contribution in [0.5, 0.6) is 5.75 Å². The van der Waals surface area contributed by atoms with Crippen molar-refractivity contribution in [1.29, 1.82) is 0 Å². The van der Waals surface area contributed by atoms with Gasteiger partial charge < -0.3 is 14.8 Å². The van der Waals surface area contributed by atoms with Gasteiger partial charge in [-0.3, -0.25) is 4.79 Å². The summed E-state index contributed by atoms with van der Waals surface area (Å²) in [5, 5.41) is 3.42. The van der Waals surface area contributed by atoms with Gasteiger partial charge >= 0.3 is 5.97 Å². The first kappa shape index (κ1) is 19.6. The monoisotopic (exact) mass is 367 g/mol. The zero-order chi connectivity index (χ0) is 18.6. The summed E-state index contributed by atoms with van der Waals surface area (Å²) < 4.78 is 10.5. The van der Waals surface area contributed by atoms with E-state index in [0.29, 0.717) is 22.6 Å². The Balaban J connectivity index is 1.99. The van der Waals surface area contributed by atoms with Crippen molar-refractivity contribution in [2.75, 3.05) is 7.11 Å². The Labute approximate surface area is 154 Å². The molecule has 1 aromatic carbocycles. The summed E-state index contributed by atoms with van der Waals surface area (Å²) >= 11 is 5.93. The lowest BCUT2D eigenvalue weighted by molar-refractivity contribution is -0.130. The highest BCUT2D eigenvalue weighted by Gasteiger charge is 2.30. The van der Waals surface area contributed by atoms with Gasteiger partial charge in [0, 0.05) is 11.1 Å². The molecule has 0 unspecified atom stereocenters. The zero-order valence-corrected chi connectivity index (χ0v) is 15.9. The van der Waals surface area contributed by atoms with Crippen LogP contribution in [0.15, 0.2) is 18.2 Å². The molecule has 0 heterocycles. The molecule has 25 heavy (non-hydrogen) atoms. The van der Waals surface area contributed by atoms with Crippen LogP contribution in [-0.2, 0) is 9.53 Å². The molecule has 5 nitrogen and oxygen atoms in total. The van der Waals surface area contributed by atoms with Crippen molar-refractivity contribution in [2.45, 2.75) is 52.2 Å². The van der Waals surface area contributed by atoms with E-state index in [2.05, 4.69) is 19.2 Å². The lowest BCUT2D eigenvalue weighted by Crippen LogP contribution is -2.47. The molecule has 138 valence electrons. The van der Waals surface area contributed by atoms with Gasteiger partial charge in [-0.15, -0.1) is 0 Å². The van der Waals surface area contributed by atoms with Gasteiger partial charge in [0.25, 0.3) is 5.91 Å². The first-order chi connectivity index (χ1) is 11.8. The number of methoxy groups -OCH3 is 1. The summed E-state index contributed by atoms with van der Waals surface area (Å²) in [5.74, 6) is 0.436. The van der Waals surface area contributed by atoms with Crippen LogP contribution < -0.4 is 10.1 Å². The molecule has 1 aliphatic rings. The minimum atomic E-state index is -0.888. The van der Waals surface area contributed by atoms with Gasteiger partial charge in [-0.2, -0.15) is 0 Å². The number of hydrogen-bond acceptors (Lipinski definition) is 4. The Bertz CT molecular complexity index is 634. The van der Waals surface area contributed by atoms with Crippen LogP contribution >= 0.6 is 11.6 Å². The van der Waals surface area contributed by atoms with Crippen molar-refractivity contribution in [3.8, 4) is 5.75 Å². The fourth-order valence-corrected chi connectivity index (χ4v) is 3.38. The lowest BCUT2D eigenvalue weighted by atomic mass is 9.78. The predicted octanol–water partition coefficient (Wildman–Crippen LogP) is 3.83. The second kappa shape index (κ2) is 8.56. The molecule has 1 aromatic rings. The third-order valence-corrected chi connectivity index (χ3v) is 5.30. The summed E-state index contributed by atoms with van der Waals surface area (Å²) in [6.07, 6.45) is 2.36. The average molecular weight is 368 g/mol. The molecule has 1 N–H and O–H groups in total. The quantitative estimate of drug-likeness (QED) is 0.803. The van der Waals surface area contributed by atoms with E-state index in [4.69, 9.17) is 21.1 Å². The molecule has 0 bridgehead atoms. The molecule has 1 fully saturated rings. The molecular formula is C19H26ClNO4. The van der Waals surface area contributed by atoms with Crippen molar-refractivity contribution in [3.05, 3.63) is 28.8 Å².